The van der Waals surface area contributed by atoms with E-state index in [1.165, 1.54) is 0 Å². The molecule has 0 saturated carbocycles. The van der Waals surface area contributed by atoms with Crippen molar-refractivity contribution in [1.82, 2.24) is 0 Å². The number of benzene rings is 4. The van der Waals surface area contributed by atoms with Crippen molar-refractivity contribution in [3.63, 3.8) is 0 Å². The van der Waals surface area contributed by atoms with E-state index in [1.807, 2.05) is 72.8 Å². The first kappa shape index (κ1) is 27.8. The number of carbonyl (C=O) groups is 2. The number of rotatable bonds is 8. The maximum absolute atomic E-state index is 12.8. The Morgan fingerprint density at radius 1 is 0.476 bits per heavy atom. The molecule has 0 radical (unpaired) electrons. The van der Waals surface area contributed by atoms with Gasteiger partial charge in [0.1, 0.15) is 37.6 Å². The molecule has 4 aromatic rings. The van der Waals surface area contributed by atoms with Gasteiger partial charge in [0.05, 0.1) is 11.1 Å². The smallest absolute Gasteiger partial charge is 0.338 e. The van der Waals surface area contributed by atoms with E-state index in [9.17, 15) is 9.59 Å². The van der Waals surface area contributed by atoms with Crippen LogP contribution in [0.1, 0.15) is 44.4 Å². The van der Waals surface area contributed by atoms with Crippen LogP contribution in [0.3, 0.4) is 0 Å². The van der Waals surface area contributed by atoms with Crippen LogP contribution >= 0.6 is 0 Å². The van der Waals surface area contributed by atoms with Crippen molar-refractivity contribution in [3.05, 3.63) is 144 Å². The highest BCUT2D eigenvalue weighted by Crippen LogP contribution is 2.41. The van der Waals surface area contributed by atoms with Crippen molar-refractivity contribution < 1.29 is 38.0 Å². The third kappa shape index (κ3) is 6.42. The van der Waals surface area contributed by atoms with Gasteiger partial charge in [-0.3, -0.25) is 0 Å². The highest BCUT2D eigenvalue weighted by molar-refractivity contribution is 5.89. The molecule has 0 aliphatic carbocycles. The first-order valence-electron chi connectivity index (χ1n) is 13.8. The molecule has 4 aromatic carbocycles. The largest absolute Gasteiger partial charge is 0.459 e. The number of carbonyl (C=O) groups excluding carboxylic acids is 2. The minimum Gasteiger partial charge on any atom is -0.459 e. The van der Waals surface area contributed by atoms with Gasteiger partial charge >= 0.3 is 11.9 Å². The van der Waals surface area contributed by atoms with Crippen molar-refractivity contribution in [2.24, 2.45) is 0 Å². The van der Waals surface area contributed by atoms with E-state index in [0.29, 0.717) is 11.1 Å². The molecule has 6 rings (SSSR count). The highest BCUT2D eigenvalue weighted by Gasteiger charge is 2.51. The lowest BCUT2D eigenvalue weighted by Crippen LogP contribution is -2.60. The predicted molar refractivity (Wildman–Crippen MR) is 151 cm³/mol. The fourth-order valence-electron chi connectivity index (χ4n) is 5.01. The van der Waals surface area contributed by atoms with Crippen LogP contribution in [0.5, 0.6) is 0 Å². The SMILES string of the molecule is O=C(OC[C@@H]1O[C@H](c2ccccc2)O[C@H]2[C@H]1O[C@H](c1ccccc1)O[C@H]2COC(=O)c1ccccc1)c1ccccc1. The highest BCUT2D eigenvalue weighted by atomic mass is 16.8. The van der Waals surface area contributed by atoms with Crippen LogP contribution in [0, 0.1) is 0 Å². The molecule has 0 N–H and O–H groups in total. The molecule has 2 heterocycles. The van der Waals surface area contributed by atoms with Crippen LogP contribution in [-0.4, -0.2) is 49.6 Å². The third-order valence-corrected chi connectivity index (χ3v) is 7.13. The van der Waals surface area contributed by atoms with Gasteiger partial charge in [-0.2, -0.15) is 0 Å². The lowest BCUT2D eigenvalue weighted by molar-refractivity contribution is -0.386. The quantitative estimate of drug-likeness (QED) is 0.252. The standard InChI is InChI=1S/C34H30O8/c35-31(23-13-5-1-6-14-23)37-21-27-29-30(42-33(39-27)25-17-9-3-10-18-25)28(22-38-32(36)24-15-7-2-8-16-24)40-34(41-29)26-19-11-4-12-20-26/h1-20,27-30,33-34H,21-22H2/t27-,28-,29-,30+,33-,34+/m0/s1. The molecule has 0 spiro atoms. The first-order chi connectivity index (χ1) is 20.7. The van der Waals surface area contributed by atoms with Gasteiger partial charge in [-0.25, -0.2) is 9.59 Å². The molecule has 0 bridgehead atoms. The second-order valence-electron chi connectivity index (χ2n) is 9.96. The van der Waals surface area contributed by atoms with Crippen molar-refractivity contribution in [2.75, 3.05) is 13.2 Å². The Kier molecular flexibility index (Phi) is 8.67. The Morgan fingerprint density at radius 2 is 0.810 bits per heavy atom. The Labute approximate surface area is 243 Å². The average Bonchev–Trinajstić information content (AvgIpc) is 3.07. The van der Waals surface area contributed by atoms with Crippen molar-refractivity contribution in [2.45, 2.75) is 37.0 Å². The van der Waals surface area contributed by atoms with E-state index in [-0.39, 0.29) is 13.2 Å². The van der Waals surface area contributed by atoms with E-state index in [0.717, 1.165) is 11.1 Å². The van der Waals surface area contributed by atoms with Crippen LogP contribution in [0.2, 0.25) is 0 Å². The van der Waals surface area contributed by atoms with E-state index in [2.05, 4.69) is 0 Å². The van der Waals surface area contributed by atoms with Crippen LogP contribution in [-0.2, 0) is 28.4 Å². The molecule has 2 aliphatic heterocycles. The Bertz CT molecular complexity index is 1340. The number of fused-ring (bicyclic) bond motifs is 1. The number of esters is 2. The molecule has 2 saturated heterocycles. The predicted octanol–water partition coefficient (Wildman–Crippen LogP) is 5.67. The van der Waals surface area contributed by atoms with E-state index < -0.39 is 48.9 Å². The second kappa shape index (κ2) is 13.1. The molecule has 42 heavy (non-hydrogen) atoms. The minimum atomic E-state index is -0.791. The lowest BCUT2D eigenvalue weighted by atomic mass is 9.98. The van der Waals surface area contributed by atoms with Gasteiger partial charge in [-0.1, -0.05) is 97.1 Å². The summed E-state index contributed by atoms with van der Waals surface area (Å²) in [6.07, 6.45) is -4.39. The van der Waals surface area contributed by atoms with Gasteiger partial charge in [0.2, 0.25) is 0 Å². The summed E-state index contributed by atoms with van der Waals surface area (Å²) in [6, 6.07) is 36.4. The second-order valence-corrected chi connectivity index (χ2v) is 9.96. The Balaban J connectivity index is 1.27. The van der Waals surface area contributed by atoms with Crippen LogP contribution in [0.15, 0.2) is 121 Å². The summed E-state index contributed by atoms with van der Waals surface area (Å²) in [7, 11) is 0. The maximum Gasteiger partial charge on any atom is 0.338 e. The fraction of sp³-hybridized carbons (Fsp3) is 0.235. The Hall–Kier alpha value is -4.34. The monoisotopic (exact) mass is 566 g/mol. The minimum absolute atomic E-state index is 0.0837. The summed E-state index contributed by atoms with van der Waals surface area (Å²) in [5, 5.41) is 0. The van der Waals surface area contributed by atoms with Crippen molar-refractivity contribution in [3.8, 4) is 0 Å². The van der Waals surface area contributed by atoms with E-state index >= 15 is 0 Å². The fourth-order valence-corrected chi connectivity index (χ4v) is 5.01. The van der Waals surface area contributed by atoms with Crippen LogP contribution in [0.4, 0.5) is 0 Å². The molecule has 0 amide bonds. The molecule has 2 aliphatic rings. The molecule has 2 fully saturated rings. The molecule has 8 heteroatoms. The van der Waals surface area contributed by atoms with Gasteiger partial charge in [0, 0.05) is 11.1 Å². The van der Waals surface area contributed by atoms with Crippen LogP contribution < -0.4 is 0 Å². The summed E-state index contributed by atoms with van der Waals surface area (Å²) in [5.74, 6) is -0.947. The number of hydrogen-bond donors (Lipinski definition) is 0. The third-order valence-electron chi connectivity index (χ3n) is 7.13. The summed E-state index contributed by atoms with van der Waals surface area (Å²) in [4.78, 5) is 25.7. The number of ether oxygens (including phenoxy) is 6. The maximum atomic E-state index is 12.8. The summed E-state index contributed by atoms with van der Waals surface area (Å²) in [6.45, 7) is -0.167. The Morgan fingerprint density at radius 3 is 1.17 bits per heavy atom. The molecule has 0 aromatic heterocycles. The lowest BCUT2D eigenvalue weighted by Gasteiger charge is -2.48. The van der Waals surface area contributed by atoms with E-state index in [4.69, 9.17) is 28.4 Å². The zero-order valence-electron chi connectivity index (χ0n) is 22.7. The first-order valence-corrected chi connectivity index (χ1v) is 13.8. The normalized spacial score (nSPS) is 25.1. The van der Waals surface area contributed by atoms with Crippen molar-refractivity contribution >= 4 is 11.9 Å². The molecular weight excluding hydrogens is 536 g/mol. The molecule has 6 atom stereocenters. The van der Waals surface area contributed by atoms with E-state index in [1.54, 1.807) is 48.5 Å². The molecule has 0 unspecified atom stereocenters. The van der Waals surface area contributed by atoms with Gasteiger partial charge in [0.25, 0.3) is 0 Å². The van der Waals surface area contributed by atoms with Gasteiger partial charge in [0.15, 0.2) is 12.6 Å². The summed E-state index contributed by atoms with van der Waals surface area (Å²) >= 11 is 0. The summed E-state index contributed by atoms with van der Waals surface area (Å²) in [5.41, 5.74) is 2.42. The molecule has 8 nitrogen and oxygen atoms in total. The molecule has 214 valence electrons. The average molecular weight is 567 g/mol. The van der Waals surface area contributed by atoms with Gasteiger partial charge in [-0.05, 0) is 24.3 Å². The van der Waals surface area contributed by atoms with Gasteiger partial charge in [-0.15, -0.1) is 0 Å². The van der Waals surface area contributed by atoms with Crippen molar-refractivity contribution in [1.29, 1.82) is 0 Å². The zero-order chi connectivity index (χ0) is 28.7. The topological polar surface area (TPSA) is 89.5 Å². The van der Waals surface area contributed by atoms with Crippen LogP contribution in [0.25, 0.3) is 0 Å². The number of hydrogen-bond acceptors (Lipinski definition) is 8. The summed E-state index contributed by atoms with van der Waals surface area (Å²) < 4.78 is 37.0. The zero-order valence-corrected chi connectivity index (χ0v) is 22.7. The molecular formula is C34H30O8. The van der Waals surface area contributed by atoms with Gasteiger partial charge < -0.3 is 28.4 Å².